The summed E-state index contributed by atoms with van der Waals surface area (Å²) < 4.78 is 6.65. The molecule has 1 heterocycles. The predicted molar refractivity (Wildman–Crippen MR) is 65.6 cm³/mol. The van der Waals surface area contributed by atoms with Crippen LogP contribution in [0.2, 0.25) is 0 Å². The van der Waals surface area contributed by atoms with Gasteiger partial charge in [-0.3, -0.25) is 9.48 Å². The Kier molecular flexibility index (Phi) is 4.51. The molecule has 0 fully saturated rings. The summed E-state index contributed by atoms with van der Waals surface area (Å²) in [6, 6.07) is 0. The monoisotopic (exact) mass is 240 g/mol. The van der Waals surface area contributed by atoms with E-state index in [-0.39, 0.29) is 18.6 Å². The van der Waals surface area contributed by atoms with Gasteiger partial charge >= 0.3 is 0 Å². The van der Waals surface area contributed by atoms with E-state index < -0.39 is 0 Å². The number of ether oxygens (including phenoxy) is 1. The third kappa shape index (κ3) is 3.45. The third-order valence-corrected chi connectivity index (χ3v) is 2.72. The zero-order valence-electron chi connectivity index (χ0n) is 10.8. The Balaban J connectivity index is 2.54. The van der Waals surface area contributed by atoms with Crippen molar-refractivity contribution in [3.8, 4) is 0 Å². The van der Waals surface area contributed by atoms with Gasteiger partial charge in [0, 0.05) is 13.7 Å². The molecule has 0 bridgehead atoms. The fraction of sp³-hybridized carbons (Fsp3) is 0.636. The van der Waals surface area contributed by atoms with Gasteiger partial charge in [-0.25, -0.2) is 0 Å². The minimum Gasteiger partial charge on any atom is -0.396 e. The van der Waals surface area contributed by atoms with Crippen LogP contribution in [0.25, 0.3) is 0 Å². The molecule has 0 saturated heterocycles. The number of methoxy groups -OCH3 is 1. The number of carbonyl (C=O) groups is 1. The number of aryl methyl sites for hydroxylation is 1. The maximum atomic E-state index is 11.6. The maximum Gasteiger partial charge on any atom is 0.241 e. The molecule has 6 nitrogen and oxygen atoms in total. The molecule has 0 aliphatic carbocycles. The van der Waals surface area contributed by atoms with Crippen molar-refractivity contribution in [2.45, 2.75) is 33.4 Å². The molecule has 3 N–H and O–H groups in total. The Labute approximate surface area is 101 Å². The van der Waals surface area contributed by atoms with Gasteiger partial charge in [0.15, 0.2) is 0 Å². The number of hydrogen-bond acceptors (Lipinski definition) is 4. The van der Waals surface area contributed by atoms with E-state index in [1.165, 1.54) is 0 Å². The van der Waals surface area contributed by atoms with Gasteiger partial charge in [0.1, 0.15) is 6.54 Å². The van der Waals surface area contributed by atoms with Gasteiger partial charge in [0.25, 0.3) is 0 Å². The highest BCUT2D eigenvalue weighted by Gasteiger charge is 2.11. The molecule has 0 aromatic carbocycles. The summed E-state index contributed by atoms with van der Waals surface area (Å²) in [4.78, 5) is 11.6. The van der Waals surface area contributed by atoms with E-state index >= 15 is 0 Å². The highest BCUT2D eigenvalue weighted by atomic mass is 16.5. The summed E-state index contributed by atoms with van der Waals surface area (Å²) >= 11 is 0. The first-order chi connectivity index (χ1) is 7.95. The Morgan fingerprint density at radius 2 is 2.24 bits per heavy atom. The number of anilines is 1. The second kappa shape index (κ2) is 5.67. The summed E-state index contributed by atoms with van der Waals surface area (Å²) in [6.45, 7) is 6.23. The molecule has 0 spiro atoms. The molecule has 0 aliphatic heterocycles. The molecule has 1 rings (SSSR count). The second-order valence-corrected chi connectivity index (χ2v) is 4.09. The van der Waals surface area contributed by atoms with Gasteiger partial charge in [-0.1, -0.05) is 0 Å². The Hall–Kier alpha value is -1.56. The molecule has 1 unspecified atom stereocenters. The van der Waals surface area contributed by atoms with Crippen LogP contribution >= 0.6 is 0 Å². The van der Waals surface area contributed by atoms with Crippen molar-refractivity contribution < 1.29 is 9.53 Å². The minimum atomic E-state index is -0.0977. The lowest BCUT2D eigenvalue weighted by atomic mass is 10.3. The van der Waals surface area contributed by atoms with Crippen molar-refractivity contribution in [2.75, 3.05) is 19.4 Å². The molecule has 1 aromatic heterocycles. The number of nitrogens with zero attached hydrogens (tertiary/aromatic N) is 2. The molecule has 1 atom stereocenters. The van der Waals surface area contributed by atoms with Crippen LogP contribution in [0.5, 0.6) is 0 Å². The summed E-state index contributed by atoms with van der Waals surface area (Å²) in [5.74, 6) is -0.0977. The number of nitrogen functional groups attached to an aromatic ring is 1. The molecule has 0 radical (unpaired) electrons. The standard InChI is InChI=1S/C11H20N4O2/c1-7(17-4)5-13-10(16)6-15-9(3)11(12)8(2)14-15/h7H,5-6,12H2,1-4H3,(H,13,16). The van der Waals surface area contributed by atoms with Crippen LogP contribution in [0.1, 0.15) is 18.3 Å². The first-order valence-corrected chi connectivity index (χ1v) is 5.54. The number of nitrogens with two attached hydrogens (primary N) is 1. The number of nitrogens with one attached hydrogen (secondary N) is 1. The average Bonchev–Trinajstić information content (AvgIpc) is 2.54. The van der Waals surface area contributed by atoms with E-state index in [0.29, 0.717) is 12.2 Å². The van der Waals surface area contributed by atoms with Crippen molar-refractivity contribution in [1.82, 2.24) is 15.1 Å². The number of amides is 1. The SMILES string of the molecule is COC(C)CNC(=O)Cn1nc(C)c(N)c1C. The van der Waals surface area contributed by atoms with Crippen molar-refractivity contribution in [3.05, 3.63) is 11.4 Å². The van der Waals surface area contributed by atoms with Crippen LogP contribution in [-0.2, 0) is 16.1 Å². The zero-order valence-corrected chi connectivity index (χ0v) is 10.8. The Morgan fingerprint density at radius 3 is 2.71 bits per heavy atom. The quantitative estimate of drug-likeness (QED) is 0.772. The van der Waals surface area contributed by atoms with Gasteiger partial charge in [0.05, 0.1) is 23.2 Å². The molecule has 96 valence electrons. The fourth-order valence-electron chi connectivity index (χ4n) is 1.40. The summed E-state index contributed by atoms with van der Waals surface area (Å²) in [5, 5.41) is 6.97. The normalized spacial score (nSPS) is 12.5. The first-order valence-electron chi connectivity index (χ1n) is 5.54. The molecule has 17 heavy (non-hydrogen) atoms. The van der Waals surface area contributed by atoms with Gasteiger partial charge in [-0.05, 0) is 20.8 Å². The van der Waals surface area contributed by atoms with Gasteiger partial charge in [-0.2, -0.15) is 5.10 Å². The van der Waals surface area contributed by atoms with Crippen LogP contribution in [0.4, 0.5) is 5.69 Å². The van der Waals surface area contributed by atoms with E-state index in [2.05, 4.69) is 10.4 Å². The lowest BCUT2D eigenvalue weighted by Gasteiger charge is -2.11. The number of hydrogen-bond donors (Lipinski definition) is 2. The molecule has 0 aliphatic rings. The van der Waals surface area contributed by atoms with E-state index in [9.17, 15) is 4.79 Å². The molecule has 1 amide bonds. The van der Waals surface area contributed by atoms with Crippen molar-refractivity contribution >= 4 is 11.6 Å². The van der Waals surface area contributed by atoms with Crippen LogP contribution in [0.15, 0.2) is 0 Å². The van der Waals surface area contributed by atoms with Gasteiger partial charge in [0.2, 0.25) is 5.91 Å². The second-order valence-electron chi connectivity index (χ2n) is 4.09. The van der Waals surface area contributed by atoms with Crippen LogP contribution in [-0.4, -0.2) is 35.4 Å². The van der Waals surface area contributed by atoms with E-state index in [1.54, 1.807) is 11.8 Å². The number of carbonyl (C=O) groups excluding carboxylic acids is 1. The topological polar surface area (TPSA) is 82.2 Å². The summed E-state index contributed by atoms with van der Waals surface area (Å²) in [6.07, 6.45) is 0.00414. The van der Waals surface area contributed by atoms with E-state index in [1.807, 2.05) is 20.8 Å². The van der Waals surface area contributed by atoms with Crippen LogP contribution in [0.3, 0.4) is 0 Å². The van der Waals surface area contributed by atoms with Crippen molar-refractivity contribution in [2.24, 2.45) is 0 Å². The molecular formula is C11H20N4O2. The van der Waals surface area contributed by atoms with Crippen LogP contribution < -0.4 is 11.1 Å². The highest BCUT2D eigenvalue weighted by Crippen LogP contribution is 2.14. The fourth-order valence-corrected chi connectivity index (χ4v) is 1.40. The van der Waals surface area contributed by atoms with Crippen molar-refractivity contribution in [1.29, 1.82) is 0 Å². The zero-order chi connectivity index (χ0) is 13.0. The smallest absolute Gasteiger partial charge is 0.241 e. The molecule has 1 aromatic rings. The number of rotatable bonds is 5. The number of aromatic nitrogens is 2. The van der Waals surface area contributed by atoms with Gasteiger partial charge < -0.3 is 15.8 Å². The average molecular weight is 240 g/mol. The first kappa shape index (κ1) is 13.5. The molecular weight excluding hydrogens is 220 g/mol. The lowest BCUT2D eigenvalue weighted by Crippen LogP contribution is -2.34. The summed E-state index contributed by atoms with van der Waals surface area (Å²) in [5.41, 5.74) is 8.00. The lowest BCUT2D eigenvalue weighted by molar-refractivity contribution is -0.122. The molecule has 0 saturated carbocycles. The van der Waals surface area contributed by atoms with E-state index in [4.69, 9.17) is 10.5 Å². The maximum absolute atomic E-state index is 11.6. The highest BCUT2D eigenvalue weighted by molar-refractivity contribution is 5.75. The van der Waals surface area contributed by atoms with Gasteiger partial charge in [-0.15, -0.1) is 0 Å². The minimum absolute atomic E-state index is 0.00414. The Bertz CT molecular complexity index is 400. The van der Waals surface area contributed by atoms with E-state index in [0.717, 1.165) is 11.4 Å². The summed E-state index contributed by atoms with van der Waals surface area (Å²) in [7, 11) is 1.61. The molecule has 6 heteroatoms. The third-order valence-electron chi connectivity index (χ3n) is 2.72. The largest absolute Gasteiger partial charge is 0.396 e. The predicted octanol–water partition coefficient (Wildman–Crippen LogP) is 0.233. The van der Waals surface area contributed by atoms with Crippen molar-refractivity contribution in [3.63, 3.8) is 0 Å². The van der Waals surface area contributed by atoms with Crippen LogP contribution in [0, 0.1) is 13.8 Å². The Morgan fingerprint density at radius 1 is 1.59 bits per heavy atom.